The molecule has 8 nitrogen and oxygen atoms in total. The summed E-state index contributed by atoms with van der Waals surface area (Å²) in [5, 5.41) is 9.49. The minimum Gasteiger partial charge on any atom is -0.465 e. The molecule has 2 aliphatic heterocycles. The third kappa shape index (κ3) is 5.51. The molecule has 1 fully saturated rings. The van der Waals surface area contributed by atoms with Crippen LogP contribution in [0.1, 0.15) is 46.5 Å². The van der Waals surface area contributed by atoms with E-state index in [1.807, 2.05) is 49.3 Å². The zero-order valence-corrected chi connectivity index (χ0v) is 20.0. The summed E-state index contributed by atoms with van der Waals surface area (Å²) in [5.41, 5.74) is 3.63. The molecule has 182 valence electrons. The molecule has 2 aromatic rings. The monoisotopic (exact) mass is 466 g/mol. The second-order valence-electron chi connectivity index (χ2n) is 9.19. The van der Waals surface area contributed by atoms with Crippen LogP contribution in [0.25, 0.3) is 0 Å². The van der Waals surface area contributed by atoms with Gasteiger partial charge in [-0.2, -0.15) is 0 Å². The van der Waals surface area contributed by atoms with Gasteiger partial charge in [0, 0.05) is 36.8 Å². The summed E-state index contributed by atoms with van der Waals surface area (Å²) < 4.78 is 11.5. The van der Waals surface area contributed by atoms with E-state index in [0.717, 1.165) is 30.6 Å². The Morgan fingerprint density at radius 3 is 2.65 bits per heavy atom. The van der Waals surface area contributed by atoms with Crippen LogP contribution >= 0.6 is 0 Å². The molecule has 0 unspecified atom stereocenters. The van der Waals surface area contributed by atoms with Crippen LogP contribution in [0.4, 0.5) is 10.5 Å². The van der Waals surface area contributed by atoms with E-state index < -0.39 is 0 Å². The van der Waals surface area contributed by atoms with Gasteiger partial charge < -0.3 is 30.3 Å². The number of ether oxygens (including phenoxy) is 2. The van der Waals surface area contributed by atoms with Gasteiger partial charge in [-0.25, -0.2) is 9.59 Å². The number of hydrogen-bond donors (Lipinski definition) is 3. The maximum absolute atomic E-state index is 12.2. The molecule has 4 atom stereocenters. The third-order valence-electron chi connectivity index (χ3n) is 6.56. The maximum atomic E-state index is 12.2. The first-order valence-electron chi connectivity index (χ1n) is 11.8. The van der Waals surface area contributed by atoms with E-state index in [9.17, 15) is 9.59 Å². The molecule has 0 saturated carbocycles. The van der Waals surface area contributed by atoms with E-state index in [4.69, 9.17) is 9.47 Å². The molecule has 2 amide bonds. The molecule has 2 aromatic carbocycles. The van der Waals surface area contributed by atoms with Crippen LogP contribution in [0.3, 0.4) is 0 Å². The number of nitrogens with zero attached hydrogens (tertiary/aromatic N) is 1. The molecule has 2 aliphatic rings. The number of rotatable bonds is 7. The Morgan fingerprint density at radius 1 is 1.12 bits per heavy atom. The Bertz CT molecular complexity index is 998. The minimum atomic E-state index is -0.368. The number of methoxy groups -OCH3 is 1. The average molecular weight is 467 g/mol. The molecule has 2 heterocycles. The summed E-state index contributed by atoms with van der Waals surface area (Å²) in [6.07, 6.45) is 1.48. The highest BCUT2D eigenvalue weighted by atomic mass is 16.5. The number of hydrogen-bond acceptors (Lipinski definition) is 6. The van der Waals surface area contributed by atoms with Crippen molar-refractivity contribution < 1.29 is 19.1 Å². The van der Waals surface area contributed by atoms with Gasteiger partial charge in [-0.15, -0.1) is 0 Å². The first kappa shape index (κ1) is 24.0. The predicted octanol–water partition coefficient (Wildman–Crippen LogP) is 3.34. The number of benzene rings is 2. The van der Waals surface area contributed by atoms with Gasteiger partial charge in [-0.3, -0.25) is 0 Å². The van der Waals surface area contributed by atoms with Crippen LogP contribution in [0.5, 0.6) is 0 Å². The molecule has 0 bridgehead atoms. The van der Waals surface area contributed by atoms with Gasteiger partial charge in [0.15, 0.2) is 0 Å². The van der Waals surface area contributed by atoms with Crippen molar-refractivity contribution in [2.75, 3.05) is 46.2 Å². The lowest BCUT2D eigenvalue weighted by atomic mass is 9.76. The molecule has 0 radical (unpaired) electrons. The lowest BCUT2D eigenvalue weighted by Crippen LogP contribution is -2.46. The number of likely N-dealkylation sites (N-methyl/N-ethyl adjacent to an activating group) is 1. The summed E-state index contributed by atoms with van der Waals surface area (Å²) in [4.78, 5) is 26.4. The summed E-state index contributed by atoms with van der Waals surface area (Å²) in [6, 6.07) is 15.9. The van der Waals surface area contributed by atoms with Crippen molar-refractivity contribution in [2.45, 2.75) is 31.1 Å². The van der Waals surface area contributed by atoms with Gasteiger partial charge in [0.05, 0.1) is 30.9 Å². The van der Waals surface area contributed by atoms with E-state index in [1.54, 1.807) is 6.07 Å². The summed E-state index contributed by atoms with van der Waals surface area (Å²) >= 11 is 0. The normalized spacial score (nSPS) is 23.3. The summed E-state index contributed by atoms with van der Waals surface area (Å²) in [6.45, 7) is 1.81. The highest BCUT2D eigenvalue weighted by molar-refractivity contribution is 5.90. The minimum absolute atomic E-state index is 0.103. The number of anilines is 1. The Labute approximate surface area is 201 Å². The number of amides is 2. The lowest BCUT2D eigenvalue weighted by molar-refractivity contribution is -0.0906. The average Bonchev–Trinajstić information content (AvgIpc) is 2.86. The van der Waals surface area contributed by atoms with Crippen molar-refractivity contribution in [3.05, 3.63) is 65.2 Å². The van der Waals surface area contributed by atoms with Crippen LogP contribution in [0.15, 0.2) is 48.5 Å². The SMILES string of the molecule is COC(=O)c1ccc2c(c1)[C@H]1O[C@@H](CNC(=O)NCCN(C)C)CC[C@H]1[C@H](c1ccccc1)N2. The van der Waals surface area contributed by atoms with E-state index in [1.165, 1.54) is 12.7 Å². The molecule has 1 saturated heterocycles. The second-order valence-corrected chi connectivity index (χ2v) is 9.19. The number of esters is 1. The van der Waals surface area contributed by atoms with Gasteiger partial charge in [-0.1, -0.05) is 30.3 Å². The van der Waals surface area contributed by atoms with Crippen molar-refractivity contribution in [1.82, 2.24) is 15.5 Å². The Balaban J connectivity index is 1.51. The maximum Gasteiger partial charge on any atom is 0.337 e. The fraction of sp³-hybridized carbons (Fsp3) is 0.462. The Hall–Kier alpha value is -3.10. The Kier molecular flexibility index (Phi) is 7.70. The van der Waals surface area contributed by atoms with E-state index in [-0.39, 0.29) is 36.2 Å². The predicted molar refractivity (Wildman–Crippen MR) is 131 cm³/mol. The zero-order chi connectivity index (χ0) is 24.1. The third-order valence-corrected chi connectivity index (χ3v) is 6.56. The van der Waals surface area contributed by atoms with E-state index in [2.05, 4.69) is 28.1 Å². The molecule has 4 rings (SSSR count). The van der Waals surface area contributed by atoms with Gasteiger partial charge in [0.1, 0.15) is 0 Å². The van der Waals surface area contributed by atoms with Crippen molar-refractivity contribution in [3.63, 3.8) is 0 Å². The molecule has 34 heavy (non-hydrogen) atoms. The van der Waals surface area contributed by atoms with Gasteiger partial charge in [0.2, 0.25) is 0 Å². The van der Waals surface area contributed by atoms with E-state index in [0.29, 0.717) is 18.7 Å². The van der Waals surface area contributed by atoms with Gasteiger partial charge in [-0.05, 0) is 50.7 Å². The second kappa shape index (κ2) is 10.9. The smallest absolute Gasteiger partial charge is 0.337 e. The number of carbonyl (C=O) groups is 2. The topological polar surface area (TPSA) is 91.9 Å². The largest absolute Gasteiger partial charge is 0.465 e. The first-order valence-corrected chi connectivity index (χ1v) is 11.8. The molecule has 0 spiro atoms. The fourth-order valence-electron chi connectivity index (χ4n) is 4.80. The summed E-state index contributed by atoms with van der Waals surface area (Å²) in [5.74, 6) is -0.166. The van der Waals surface area contributed by atoms with Crippen LogP contribution in [-0.2, 0) is 9.47 Å². The highest BCUT2D eigenvalue weighted by Crippen LogP contribution is 2.50. The quantitative estimate of drug-likeness (QED) is 0.542. The van der Waals surface area contributed by atoms with Gasteiger partial charge in [0.25, 0.3) is 0 Å². The molecule has 0 aromatic heterocycles. The van der Waals surface area contributed by atoms with Crippen molar-refractivity contribution in [3.8, 4) is 0 Å². The van der Waals surface area contributed by atoms with Crippen molar-refractivity contribution in [1.29, 1.82) is 0 Å². The van der Waals surface area contributed by atoms with Crippen LogP contribution < -0.4 is 16.0 Å². The molecular formula is C26H34N4O4. The van der Waals surface area contributed by atoms with E-state index >= 15 is 0 Å². The molecule has 8 heteroatoms. The van der Waals surface area contributed by atoms with Crippen molar-refractivity contribution >= 4 is 17.7 Å². The van der Waals surface area contributed by atoms with Crippen LogP contribution in [0.2, 0.25) is 0 Å². The molecular weight excluding hydrogens is 432 g/mol. The number of carbonyl (C=O) groups excluding carboxylic acids is 2. The van der Waals surface area contributed by atoms with Crippen molar-refractivity contribution in [2.24, 2.45) is 5.92 Å². The summed E-state index contributed by atoms with van der Waals surface area (Å²) in [7, 11) is 5.32. The number of urea groups is 1. The number of nitrogens with one attached hydrogen (secondary N) is 3. The first-order chi connectivity index (χ1) is 16.5. The zero-order valence-electron chi connectivity index (χ0n) is 20.0. The van der Waals surface area contributed by atoms with Crippen LogP contribution in [0, 0.1) is 5.92 Å². The van der Waals surface area contributed by atoms with Crippen LogP contribution in [-0.4, -0.2) is 63.8 Å². The fourth-order valence-corrected chi connectivity index (χ4v) is 4.80. The molecule has 0 aliphatic carbocycles. The standard InChI is InChI=1S/C26H34N4O4/c1-30(2)14-13-27-26(32)28-16-19-10-11-20-23(17-7-5-4-6-8-17)29-22-12-9-18(25(31)33-3)15-21(22)24(20)34-19/h4-9,12,15,19-20,23-24,29H,10-11,13-14,16H2,1-3H3,(H2,27,28,32)/t19-,20+,23+,24+/m1/s1. The number of fused-ring (bicyclic) bond motifs is 3. The highest BCUT2D eigenvalue weighted by Gasteiger charge is 2.42. The Morgan fingerprint density at radius 2 is 1.91 bits per heavy atom. The van der Waals surface area contributed by atoms with Gasteiger partial charge >= 0.3 is 12.0 Å². The molecule has 3 N–H and O–H groups in total. The lowest BCUT2D eigenvalue weighted by Gasteiger charge is -2.45.